The van der Waals surface area contributed by atoms with Crippen LogP contribution in [0.15, 0.2) is 59.3 Å². The highest BCUT2D eigenvalue weighted by Crippen LogP contribution is 2.24. The van der Waals surface area contributed by atoms with E-state index in [0.29, 0.717) is 35.1 Å². The van der Waals surface area contributed by atoms with E-state index in [-0.39, 0.29) is 6.61 Å². The second-order valence-electron chi connectivity index (χ2n) is 6.51. The molecule has 2 heterocycles. The van der Waals surface area contributed by atoms with Crippen molar-refractivity contribution in [2.75, 3.05) is 11.9 Å². The number of aldehydes is 1. The fourth-order valence-electron chi connectivity index (χ4n) is 2.95. The predicted octanol–water partition coefficient (Wildman–Crippen LogP) is 4.75. The quantitative estimate of drug-likeness (QED) is 0.362. The van der Waals surface area contributed by atoms with Crippen LogP contribution in [0.1, 0.15) is 16.1 Å². The number of carbonyl (C=O) groups is 1. The number of nitrogens with zero attached hydrogens (tertiary/aromatic N) is 4. The maximum absolute atomic E-state index is 11.0. The number of rotatable bonds is 8. The van der Waals surface area contributed by atoms with Crippen molar-refractivity contribution in [3.05, 3.63) is 75.6 Å². The fraction of sp³-hybridized carbons (Fsp3) is 0.143. The van der Waals surface area contributed by atoms with Gasteiger partial charge in [0, 0.05) is 38.9 Å². The average Bonchev–Trinajstić information content (AvgIpc) is 3.21. The largest absolute Gasteiger partial charge is 0.487 e. The summed E-state index contributed by atoms with van der Waals surface area (Å²) in [7, 11) is 0. The number of aromatic nitrogens is 4. The van der Waals surface area contributed by atoms with Crippen LogP contribution in [0.2, 0.25) is 5.02 Å². The van der Waals surface area contributed by atoms with Crippen LogP contribution in [-0.4, -0.2) is 32.8 Å². The van der Waals surface area contributed by atoms with Gasteiger partial charge in [-0.3, -0.25) is 14.5 Å². The molecule has 0 radical (unpaired) electrons. The highest BCUT2D eigenvalue weighted by Gasteiger charge is 2.06. The molecule has 1 N–H and O–H groups in total. The summed E-state index contributed by atoms with van der Waals surface area (Å²) in [5.74, 6) is 0.598. The Bertz CT molecular complexity index is 1200. The molecule has 0 aliphatic heterocycles. The van der Waals surface area contributed by atoms with Crippen molar-refractivity contribution in [1.29, 1.82) is 0 Å². The van der Waals surface area contributed by atoms with Crippen LogP contribution in [-0.2, 0) is 13.2 Å². The molecule has 0 saturated heterocycles. The second-order valence-corrected chi connectivity index (χ2v) is 7.80. The molecule has 0 fully saturated rings. The number of ether oxygens (including phenoxy) is 1. The number of halogens is 2. The third-order valence-electron chi connectivity index (χ3n) is 4.43. The molecule has 152 valence electrons. The van der Waals surface area contributed by atoms with Gasteiger partial charge in [-0.05, 0) is 42.5 Å². The molecule has 0 amide bonds. The topological polar surface area (TPSA) is 81.9 Å². The number of nitrogens with one attached hydrogen (secondary N) is 1. The standard InChI is InChI=1S/C21H17BrClN5O2/c22-19-4-2-17(9-14(19)12-29)30-13-16-11-28(27-26-16)8-7-25-20-5-6-24-21-10-15(23)1-3-18(20)21/h1-6,9-12H,7-8,13H2,(H,24,25). The minimum atomic E-state index is 0.267. The zero-order chi connectivity index (χ0) is 20.9. The van der Waals surface area contributed by atoms with Gasteiger partial charge in [-0.1, -0.05) is 32.7 Å². The molecule has 0 aliphatic rings. The van der Waals surface area contributed by atoms with E-state index in [1.807, 2.05) is 30.5 Å². The highest BCUT2D eigenvalue weighted by molar-refractivity contribution is 9.10. The van der Waals surface area contributed by atoms with E-state index in [0.717, 1.165) is 27.3 Å². The van der Waals surface area contributed by atoms with Crippen molar-refractivity contribution in [3.63, 3.8) is 0 Å². The van der Waals surface area contributed by atoms with Crippen LogP contribution in [0.5, 0.6) is 5.75 Å². The second kappa shape index (κ2) is 9.23. The van der Waals surface area contributed by atoms with E-state index in [4.69, 9.17) is 16.3 Å². The van der Waals surface area contributed by atoms with E-state index in [9.17, 15) is 4.79 Å². The Hall–Kier alpha value is -2.97. The lowest BCUT2D eigenvalue weighted by Gasteiger charge is -2.09. The Morgan fingerprint density at radius 2 is 2.10 bits per heavy atom. The van der Waals surface area contributed by atoms with Gasteiger partial charge in [0.1, 0.15) is 18.1 Å². The van der Waals surface area contributed by atoms with Gasteiger partial charge < -0.3 is 10.1 Å². The predicted molar refractivity (Wildman–Crippen MR) is 119 cm³/mol. The van der Waals surface area contributed by atoms with Crippen molar-refractivity contribution in [2.45, 2.75) is 13.2 Å². The third kappa shape index (κ3) is 4.77. The zero-order valence-corrected chi connectivity index (χ0v) is 18.1. The summed E-state index contributed by atoms with van der Waals surface area (Å²) >= 11 is 9.36. The average molecular weight is 487 g/mol. The lowest BCUT2D eigenvalue weighted by Crippen LogP contribution is -2.11. The van der Waals surface area contributed by atoms with Crippen molar-refractivity contribution in [3.8, 4) is 5.75 Å². The van der Waals surface area contributed by atoms with Gasteiger partial charge >= 0.3 is 0 Å². The highest BCUT2D eigenvalue weighted by atomic mass is 79.9. The summed E-state index contributed by atoms with van der Waals surface area (Å²) in [4.78, 5) is 15.4. The van der Waals surface area contributed by atoms with Crippen LogP contribution >= 0.6 is 27.5 Å². The lowest BCUT2D eigenvalue weighted by atomic mass is 10.2. The Labute approximate surface area is 186 Å². The summed E-state index contributed by atoms with van der Waals surface area (Å²) in [6, 6.07) is 12.8. The number of anilines is 1. The normalized spacial score (nSPS) is 10.9. The lowest BCUT2D eigenvalue weighted by molar-refractivity contribution is 0.112. The van der Waals surface area contributed by atoms with E-state index < -0.39 is 0 Å². The molecule has 2 aromatic heterocycles. The Kier molecular flexibility index (Phi) is 6.25. The van der Waals surface area contributed by atoms with Crippen LogP contribution in [0, 0.1) is 0 Å². The van der Waals surface area contributed by atoms with Crippen molar-refractivity contribution >= 4 is 50.4 Å². The fourth-order valence-corrected chi connectivity index (χ4v) is 3.46. The van der Waals surface area contributed by atoms with Crippen molar-refractivity contribution in [2.24, 2.45) is 0 Å². The maximum atomic E-state index is 11.0. The molecule has 0 unspecified atom stereocenters. The first-order valence-electron chi connectivity index (χ1n) is 9.17. The monoisotopic (exact) mass is 485 g/mol. The molecule has 30 heavy (non-hydrogen) atoms. The molecule has 0 atom stereocenters. The van der Waals surface area contributed by atoms with Gasteiger partial charge in [0.15, 0.2) is 6.29 Å². The zero-order valence-electron chi connectivity index (χ0n) is 15.8. The Morgan fingerprint density at radius 1 is 1.20 bits per heavy atom. The molecule has 4 aromatic rings. The molecule has 9 heteroatoms. The first-order valence-corrected chi connectivity index (χ1v) is 10.3. The smallest absolute Gasteiger partial charge is 0.151 e. The number of carbonyl (C=O) groups excluding carboxylic acids is 1. The molecule has 0 saturated carbocycles. The van der Waals surface area contributed by atoms with Gasteiger partial charge in [0.2, 0.25) is 0 Å². The number of pyridine rings is 1. The summed E-state index contributed by atoms with van der Waals surface area (Å²) in [5, 5.41) is 13.3. The van der Waals surface area contributed by atoms with Crippen LogP contribution in [0.3, 0.4) is 0 Å². The van der Waals surface area contributed by atoms with Gasteiger partial charge in [-0.25, -0.2) is 0 Å². The minimum Gasteiger partial charge on any atom is -0.487 e. The molecule has 2 aromatic carbocycles. The summed E-state index contributed by atoms with van der Waals surface area (Å²) in [5.41, 5.74) is 3.07. The first-order chi connectivity index (χ1) is 14.6. The number of hydrogen-bond acceptors (Lipinski definition) is 6. The molecular weight excluding hydrogens is 470 g/mol. The maximum Gasteiger partial charge on any atom is 0.151 e. The van der Waals surface area contributed by atoms with Crippen LogP contribution < -0.4 is 10.1 Å². The van der Waals surface area contributed by atoms with Crippen LogP contribution in [0.25, 0.3) is 10.9 Å². The van der Waals surface area contributed by atoms with Gasteiger partial charge in [0.05, 0.1) is 18.3 Å². The van der Waals surface area contributed by atoms with Gasteiger partial charge in [-0.15, -0.1) is 5.10 Å². The summed E-state index contributed by atoms with van der Waals surface area (Å²) in [6.07, 6.45) is 4.37. The minimum absolute atomic E-state index is 0.267. The molecule has 4 rings (SSSR count). The molecule has 0 bridgehead atoms. The first kappa shape index (κ1) is 20.3. The van der Waals surface area contributed by atoms with E-state index in [1.54, 1.807) is 29.1 Å². The summed E-state index contributed by atoms with van der Waals surface area (Å²) < 4.78 is 8.19. The van der Waals surface area contributed by atoms with Gasteiger partial charge in [0.25, 0.3) is 0 Å². The van der Waals surface area contributed by atoms with Crippen LogP contribution in [0.4, 0.5) is 5.69 Å². The van der Waals surface area contributed by atoms with E-state index >= 15 is 0 Å². The summed E-state index contributed by atoms with van der Waals surface area (Å²) in [6.45, 7) is 1.57. The molecule has 7 nitrogen and oxygen atoms in total. The number of hydrogen-bond donors (Lipinski definition) is 1. The Balaban J connectivity index is 1.32. The van der Waals surface area contributed by atoms with Crippen molar-refractivity contribution < 1.29 is 9.53 Å². The SMILES string of the molecule is O=Cc1cc(OCc2cn(CCNc3ccnc4cc(Cl)ccc34)nn2)ccc1Br. The van der Waals surface area contributed by atoms with E-state index in [2.05, 4.69) is 36.5 Å². The van der Waals surface area contributed by atoms with E-state index in [1.165, 1.54) is 0 Å². The number of benzene rings is 2. The molecule has 0 aliphatic carbocycles. The van der Waals surface area contributed by atoms with Crippen molar-refractivity contribution in [1.82, 2.24) is 20.0 Å². The number of fused-ring (bicyclic) bond motifs is 1. The Morgan fingerprint density at radius 3 is 2.97 bits per heavy atom. The molecular formula is C21H17BrClN5O2. The van der Waals surface area contributed by atoms with Gasteiger partial charge in [-0.2, -0.15) is 0 Å². The molecule has 0 spiro atoms. The third-order valence-corrected chi connectivity index (χ3v) is 5.39.